The van der Waals surface area contributed by atoms with Crippen molar-refractivity contribution in [2.75, 3.05) is 18.5 Å². The predicted molar refractivity (Wildman–Crippen MR) is 139 cm³/mol. The fraction of sp³-hybridized carbons (Fsp3) is 0.483. The zero-order valence-electron chi connectivity index (χ0n) is 20.5. The number of nitrogens with one attached hydrogen (secondary N) is 2. The summed E-state index contributed by atoms with van der Waals surface area (Å²) in [7, 11) is 0. The average molecular weight is 474 g/mol. The van der Waals surface area contributed by atoms with Crippen LogP contribution < -0.4 is 15.4 Å². The van der Waals surface area contributed by atoms with Crippen molar-refractivity contribution in [1.82, 2.24) is 9.88 Å². The molecule has 2 saturated carbocycles. The second-order valence-electron chi connectivity index (χ2n) is 10.3. The number of hydrogen-bond donors (Lipinski definition) is 2. The summed E-state index contributed by atoms with van der Waals surface area (Å²) in [5, 5.41) is 7.31. The maximum atomic E-state index is 12.3. The van der Waals surface area contributed by atoms with Crippen molar-refractivity contribution in [2.45, 2.75) is 76.5 Å². The molecule has 1 saturated heterocycles. The van der Waals surface area contributed by atoms with Gasteiger partial charge in [-0.15, -0.1) is 0 Å². The predicted octanol–water partition coefficient (Wildman–Crippen LogP) is 6.57. The Kier molecular flexibility index (Phi) is 6.15. The van der Waals surface area contributed by atoms with Gasteiger partial charge in [0.05, 0.1) is 24.4 Å². The van der Waals surface area contributed by atoms with Crippen molar-refractivity contribution in [3.63, 3.8) is 0 Å². The van der Waals surface area contributed by atoms with Crippen LogP contribution in [0.4, 0.5) is 10.5 Å². The van der Waals surface area contributed by atoms with Crippen molar-refractivity contribution in [1.29, 1.82) is 0 Å². The Morgan fingerprint density at radius 1 is 0.971 bits per heavy atom. The largest absolute Gasteiger partial charge is 0.490 e. The Balaban J connectivity index is 1.29. The lowest BCUT2D eigenvalue weighted by Gasteiger charge is -2.30. The molecule has 2 heterocycles. The summed E-state index contributed by atoms with van der Waals surface area (Å²) in [5.41, 5.74) is 5.84. The van der Waals surface area contributed by atoms with E-state index in [1.807, 2.05) is 12.1 Å². The second kappa shape index (κ2) is 9.57. The molecule has 0 unspecified atom stereocenters. The van der Waals surface area contributed by atoms with Gasteiger partial charge < -0.3 is 24.7 Å². The smallest absolute Gasteiger partial charge is 0.319 e. The van der Waals surface area contributed by atoms with Crippen molar-refractivity contribution in [3.8, 4) is 17.0 Å². The fourth-order valence-electron chi connectivity index (χ4n) is 5.51. The third-order valence-corrected chi connectivity index (χ3v) is 8.00. The number of aromatic nitrogens is 1. The highest BCUT2D eigenvalue weighted by Crippen LogP contribution is 2.43. The van der Waals surface area contributed by atoms with Crippen LogP contribution in [-0.2, 0) is 4.74 Å². The molecular weight excluding hydrogens is 438 g/mol. The number of benzene rings is 2. The number of urea groups is 1. The van der Waals surface area contributed by atoms with Gasteiger partial charge in [-0.05, 0) is 80.8 Å². The first-order chi connectivity index (χ1) is 17.2. The summed E-state index contributed by atoms with van der Waals surface area (Å²) < 4.78 is 14.4. The fourth-order valence-corrected chi connectivity index (χ4v) is 5.51. The van der Waals surface area contributed by atoms with Gasteiger partial charge in [-0.1, -0.05) is 12.1 Å². The van der Waals surface area contributed by atoms with E-state index in [0.29, 0.717) is 12.1 Å². The molecule has 1 aromatic heterocycles. The van der Waals surface area contributed by atoms with Gasteiger partial charge >= 0.3 is 6.03 Å². The van der Waals surface area contributed by atoms with Gasteiger partial charge in [0.2, 0.25) is 0 Å². The summed E-state index contributed by atoms with van der Waals surface area (Å²) in [6, 6.07) is 15.6. The van der Waals surface area contributed by atoms with Crippen LogP contribution in [0.5, 0.6) is 5.75 Å². The summed E-state index contributed by atoms with van der Waals surface area (Å²) in [4.78, 5) is 12.3. The van der Waals surface area contributed by atoms with E-state index < -0.39 is 0 Å². The zero-order chi connectivity index (χ0) is 23.8. The third kappa shape index (κ3) is 4.52. The van der Waals surface area contributed by atoms with E-state index in [4.69, 9.17) is 9.47 Å². The molecule has 2 aliphatic carbocycles. The van der Waals surface area contributed by atoms with Crippen LogP contribution in [0, 0.1) is 6.92 Å². The molecule has 3 aromatic rings. The van der Waals surface area contributed by atoms with Crippen LogP contribution in [0.25, 0.3) is 22.2 Å². The molecule has 2 aromatic carbocycles. The molecule has 35 heavy (non-hydrogen) atoms. The van der Waals surface area contributed by atoms with E-state index in [-0.39, 0.29) is 12.1 Å². The molecule has 2 N–H and O–H groups in total. The number of hydrogen-bond acceptors (Lipinski definition) is 3. The Labute approximate surface area is 207 Å². The lowest BCUT2D eigenvalue weighted by atomic mass is 9.92. The molecule has 0 atom stereocenters. The number of carbonyl (C=O) groups excluding carboxylic acids is 1. The van der Waals surface area contributed by atoms with Crippen LogP contribution >= 0.6 is 0 Å². The standard InChI is InChI=1S/C29H35N3O3/c1-19-26-13-12-25(35-24-14-16-34-17-15-24)18-27(26)32(23-6-3-7-23)28(19)20-8-10-22(11-9-20)31-29(33)30-21-4-2-5-21/h8-13,18,21,23-24H,2-7,14-17H2,1H3,(H2,30,31,33). The highest BCUT2D eigenvalue weighted by Gasteiger charge is 2.27. The van der Waals surface area contributed by atoms with Crippen LogP contribution in [0.3, 0.4) is 0 Å². The van der Waals surface area contributed by atoms with Crippen molar-refractivity contribution >= 4 is 22.6 Å². The number of carbonyl (C=O) groups is 1. The van der Waals surface area contributed by atoms with E-state index in [1.54, 1.807) is 0 Å². The van der Waals surface area contributed by atoms with Gasteiger partial charge in [-0.2, -0.15) is 0 Å². The first-order valence-electron chi connectivity index (χ1n) is 13.2. The summed E-state index contributed by atoms with van der Waals surface area (Å²) >= 11 is 0. The molecule has 0 radical (unpaired) electrons. The Morgan fingerprint density at radius 3 is 2.37 bits per heavy atom. The molecular formula is C29H35N3O3. The molecule has 0 spiro atoms. The molecule has 0 bridgehead atoms. The van der Waals surface area contributed by atoms with E-state index >= 15 is 0 Å². The Morgan fingerprint density at radius 2 is 1.71 bits per heavy atom. The van der Waals surface area contributed by atoms with Gasteiger partial charge in [-0.25, -0.2) is 4.79 Å². The normalized spacial score (nSPS) is 19.2. The van der Waals surface area contributed by atoms with Gasteiger partial charge in [0.15, 0.2) is 0 Å². The quantitative estimate of drug-likeness (QED) is 0.425. The molecule has 3 aliphatic rings. The van der Waals surface area contributed by atoms with Gasteiger partial charge in [0.1, 0.15) is 11.9 Å². The summed E-state index contributed by atoms with van der Waals surface area (Å²) in [5.74, 6) is 0.950. The maximum absolute atomic E-state index is 12.3. The van der Waals surface area contributed by atoms with E-state index in [0.717, 1.165) is 50.3 Å². The van der Waals surface area contributed by atoms with E-state index in [9.17, 15) is 4.79 Å². The minimum absolute atomic E-state index is 0.112. The summed E-state index contributed by atoms with van der Waals surface area (Å²) in [6.07, 6.45) is 9.20. The number of aryl methyl sites for hydroxylation is 1. The highest BCUT2D eigenvalue weighted by atomic mass is 16.5. The first-order valence-corrected chi connectivity index (χ1v) is 13.2. The number of nitrogens with zero attached hydrogens (tertiary/aromatic N) is 1. The van der Waals surface area contributed by atoms with Gasteiger partial charge in [-0.3, -0.25) is 0 Å². The number of anilines is 1. The number of ether oxygens (including phenoxy) is 2. The number of amides is 2. The molecule has 3 fully saturated rings. The Bertz CT molecular complexity index is 1200. The van der Waals surface area contributed by atoms with Crippen molar-refractivity contribution in [3.05, 3.63) is 48.0 Å². The number of rotatable bonds is 6. The second-order valence-corrected chi connectivity index (χ2v) is 10.3. The van der Waals surface area contributed by atoms with E-state index in [2.05, 4.69) is 52.5 Å². The monoisotopic (exact) mass is 473 g/mol. The minimum Gasteiger partial charge on any atom is -0.490 e. The lowest BCUT2D eigenvalue weighted by Crippen LogP contribution is -2.41. The van der Waals surface area contributed by atoms with Crippen molar-refractivity contribution < 1.29 is 14.3 Å². The molecule has 6 nitrogen and oxygen atoms in total. The first kappa shape index (κ1) is 22.5. The maximum Gasteiger partial charge on any atom is 0.319 e. The van der Waals surface area contributed by atoms with Crippen LogP contribution in [0.1, 0.15) is 63.0 Å². The highest BCUT2D eigenvalue weighted by molar-refractivity contribution is 5.93. The van der Waals surface area contributed by atoms with Crippen LogP contribution in [-0.4, -0.2) is 36.0 Å². The molecule has 1 aliphatic heterocycles. The molecule has 6 rings (SSSR count). The average Bonchev–Trinajstić information content (AvgIpc) is 3.08. The molecule has 184 valence electrons. The topological polar surface area (TPSA) is 64.5 Å². The van der Waals surface area contributed by atoms with Crippen LogP contribution in [0.15, 0.2) is 42.5 Å². The Hall–Kier alpha value is -2.99. The van der Waals surface area contributed by atoms with Gasteiger partial charge in [0, 0.05) is 42.1 Å². The van der Waals surface area contributed by atoms with Gasteiger partial charge in [0.25, 0.3) is 0 Å². The van der Waals surface area contributed by atoms with Crippen molar-refractivity contribution in [2.24, 2.45) is 0 Å². The SMILES string of the molecule is Cc1c(-c2ccc(NC(=O)NC3CCC3)cc2)n(C2CCC2)c2cc(OC3CCOCC3)ccc12. The zero-order valence-corrected chi connectivity index (χ0v) is 20.5. The van der Waals surface area contributed by atoms with E-state index in [1.165, 1.54) is 53.4 Å². The third-order valence-electron chi connectivity index (χ3n) is 8.00. The van der Waals surface area contributed by atoms with Crippen LogP contribution in [0.2, 0.25) is 0 Å². The molecule has 2 amide bonds. The lowest BCUT2D eigenvalue weighted by molar-refractivity contribution is 0.0256. The molecule has 6 heteroatoms. The minimum atomic E-state index is -0.112. The summed E-state index contributed by atoms with van der Waals surface area (Å²) in [6.45, 7) is 3.79. The number of fused-ring (bicyclic) bond motifs is 1.